The molecule has 0 spiro atoms. The van der Waals surface area contributed by atoms with Gasteiger partial charge in [0.25, 0.3) is 0 Å². The number of nitrogens with zero attached hydrogens (tertiary/aromatic N) is 1. The van der Waals surface area contributed by atoms with Crippen LogP contribution in [-0.2, 0) is 12.7 Å². The van der Waals surface area contributed by atoms with E-state index in [0.29, 0.717) is 6.54 Å². The summed E-state index contributed by atoms with van der Waals surface area (Å²) in [7, 11) is -0.983. The number of rotatable bonds is 7. The monoisotopic (exact) mass is 505 g/mol. The molecule has 0 heterocycles. The highest BCUT2D eigenvalue weighted by Gasteiger charge is 2.38. The van der Waals surface area contributed by atoms with E-state index in [0.717, 1.165) is 5.56 Å². The SMILES string of the molecule is CC(C)(C)N(Cc1ccccc1)C(c1ccc(C(F)(F)F)cc1)P(c1ccccc1)c1ccccc1. The molecule has 4 rings (SSSR count). The van der Waals surface area contributed by atoms with Crippen LogP contribution in [0.1, 0.15) is 43.2 Å². The molecule has 0 bridgehead atoms. The fraction of sp³-hybridized carbons (Fsp3) is 0.226. The predicted molar refractivity (Wildman–Crippen MR) is 145 cm³/mol. The molecule has 0 saturated heterocycles. The molecule has 0 saturated carbocycles. The van der Waals surface area contributed by atoms with Gasteiger partial charge in [-0.3, -0.25) is 4.90 Å². The van der Waals surface area contributed by atoms with Crippen molar-refractivity contribution in [1.29, 1.82) is 0 Å². The molecule has 1 nitrogen and oxygen atoms in total. The summed E-state index contributed by atoms with van der Waals surface area (Å²) >= 11 is 0. The molecule has 36 heavy (non-hydrogen) atoms. The summed E-state index contributed by atoms with van der Waals surface area (Å²) in [6, 6.07) is 36.7. The Bertz CT molecular complexity index is 1180. The standard InChI is InChI=1S/C31H31F3NP/c1-30(2,3)35(23-24-13-7-4-8-14-24)29(25-19-21-26(22-20-25)31(32,33)34)36(27-15-9-5-10-16-27)28-17-11-6-12-18-28/h4-22,29H,23H2,1-3H3. The highest BCUT2D eigenvalue weighted by molar-refractivity contribution is 7.73. The Labute approximate surface area is 213 Å². The third kappa shape index (κ3) is 6.24. The summed E-state index contributed by atoms with van der Waals surface area (Å²) in [4.78, 5) is 2.44. The molecule has 4 aromatic rings. The van der Waals surface area contributed by atoms with Crippen LogP contribution >= 0.6 is 7.92 Å². The van der Waals surface area contributed by atoms with Gasteiger partial charge in [0.2, 0.25) is 0 Å². The molecule has 186 valence electrons. The molecule has 0 aliphatic rings. The Balaban J connectivity index is 1.93. The lowest BCUT2D eigenvalue weighted by Gasteiger charge is -2.46. The second-order valence-electron chi connectivity index (χ2n) is 9.82. The van der Waals surface area contributed by atoms with E-state index in [1.165, 1.54) is 28.3 Å². The van der Waals surface area contributed by atoms with E-state index in [1.54, 1.807) is 12.1 Å². The van der Waals surface area contributed by atoms with E-state index in [1.807, 2.05) is 54.6 Å². The van der Waals surface area contributed by atoms with Crippen LogP contribution < -0.4 is 10.6 Å². The van der Waals surface area contributed by atoms with Crippen molar-refractivity contribution < 1.29 is 13.2 Å². The topological polar surface area (TPSA) is 3.24 Å². The maximum absolute atomic E-state index is 13.4. The second-order valence-corrected chi connectivity index (χ2v) is 12.1. The Hall–Kier alpha value is -2.94. The van der Waals surface area contributed by atoms with Gasteiger partial charge in [-0.2, -0.15) is 13.2 Å². The van der Waals surface area contributed by atoms with Crippen molar-refractivity contribution in [2.75, 3.05) is 0 Å². The summed E-state index contributed by atoms with van der Waals surface area (Å²) < 4.78 is 40.3. The molecule has 1 atom stereocenters. The minimum atomic E-state index is -4.37. The van der Waals surface area contributed by atoms with E-state index in [4.69, 9.17) is 0 Å². The lowest BCUT2D eigenvalue weighted by Crippen LogP contribution is -2.44. The predicted octanol–water partition coefficient (Wildman–Crippen LogP) is 8.14. The fourth-order valence-corrected chi connectivity index (χ4v) is 7.42. The van der Waals surface area contributed by atoms with Gasteiger partial charge in [0, 0.05) is 12.1 Å². The van der Waals surface area contributed by atoms with Crippen molar-refractivity contribution in [3.63, 3.8) is 0 Å². The molecule has 1 unspecified atom stereocenters. The van der Waals surface area contributed by atoms with Crippen LogP contribution in [0.5, 0.6) is 0 Å². The quantitative estimate of drug-likeness (QED) is 0.229. The van der Waals surface area contributed by atoms with E-state index >= 15 is 0 Å². The van der Waals surface area contributed by atoms with Crippen LogP contribution in [0, 0.1) is 0 Å². The number of alkyl halides is 3. The van der Waals surface area contributed by atoms with Crippen molar-refractivity contribution >= 4 is 18.5 Å². The molecule has 0 fully saturated rings. The minimum absolute atomic E-state index is 0.146. The van der Waals surface area contributed by atoms with E-state index in [9.17, 15) is 13.2 Å². The van der Waals surface area contributed by atoms with Gasteiger partial charge in [-0.15, -0.1) is 0 Å². The van der Waals surface area contributed by atoms with Crippen LogP contribution in [-0.4, -0.2) is 10.4 Å². The molecule has 0 aliphatic carbocycles. The summed E-state index contributed by atoms with van der Waals surface area (Å²) in [6.07, 6.45) is -4.37. The first-order valence-corrected chi connectivity index (χ1v) is 13.4. The normalized spacial score (nSPS) is 13.2. The zero-order valence-electron chi connectivity index (χ0n) is 20.8. The first-order valence-electron chi connectivity index (χ1n) is 12.0. The van der Waals surface area contributed by atoms with Crippen LogP contribution in [0.4, 0.5) is 13.2 Å². The molecule has 0 radical (unpaired) electrons. The van der Waals surface area contributed by atoms with Gasteiger partial charge in [0.1, 0.15) is 0 Å². The largest absolute Gasteiger partial charge is 0.416 e. The zero-order valence-corrected chi connectivity index (χ0v) is 21.7. The van der Waals surface area contributed by atoms with Gasteiger partial charge in [0.05, 0.1) is 11.3 Å². The van der Waals surface area contributed by atoms with Gasteiger partial charge < -0.3 is 0 Å². The zero-order chi connectivity index (χ0) is 25.8. The summed E-state index contributed by atoms with van der Waals surface area (Å²) in [5.41, 5.74) is 1.17. The second kappa shape index (κ2) is 11.0. The molecular weight excluding hydrogens is 474 g/mol. The fourth-order valence-electron chi connectivity index (χ4n) is 4.39. The third-order valence-corrected chi connectivity index (χ3v) is 8.98. The van der Waals surface area contributed by atoms with Crippen molar-refractivity contribution in [3.8, 4) is 0 Å². The Kier molecular flexibility index (Phi) is 7.97. The number of halogens is 3. The highest BCUT2D eigenvalue weighted by atomic mass is 31.1. The van der Waals surface area contributed by atoms with Crippen molar-refractivity contribution in [3.05, 3.63) is 132 Å². The first kappa shape index (κ1) is 26.1. The maximum atomic E-state index is 13.4. The smallest absolute Gasteiger partial charge is 0.283 e. The molecule has 0 aliphatic heterocycles. The van der Waals surface area contributed by atoms with Gasteiger partial charge in [0.15, 0.2) is 0 Å². The average molecular weight is 506 g/mol. The summed E-state index contributed by atoms with van der Waals surface area (Å²) in [6.45, 7) is 7.21. The van der Waals surface area contributed by atoms with Gasteiger partial charge in [-0.1, -0.05) is 103 Å². The number of hydrogen-bond acceptors (Lipinski definition) is 1. The summed E-state index contributed by atoms with van der Waals surface area (Å²) in [5.74, 6) is -0.146. The van der Waals surface area contributed by atoms with Crippen molar-refractivity contribution in [2.45, 2.75) is 44.8 Å². The first-order chi connectivity index (χ1) is 17.1. The highest BCUT2D eigenvalue weighted by Crippen LogP contribution is 2.54. The molecule has 4 aromatic carbocycles. The average Bonchev–Trinajstić information content (AvgIpc) is 2.87. The van der Waals surface area contributed by atoms with E-state index in [-0.39, 0.29) is 11.3 Å². The maximum Gasteiger partial charge on any atom is 0.416 e. The summed E-state index contributed by atoms with van der Waals surface area (Å²) in [5, 5.41) is 2.37. The van der Waals surface area contributed by atoms with Crippen LogP contribution in [0.15, 0.2) is 115 Å². The van der Waals surface area contributed by atoms with Crippen LogP contribution in [0.25, 0.3) is 0 Å². The van der Waals surface area contributed by atoms with Crippen molar-refractivity contribution in [1.82, 2.24) is 4.90 Å². The van der Waals surface area contributed by atoms with Crippen molar-refractivity contribution in [2.24, 2.45) is 0 Å². The Morgan fingerprint density at radius 2 is 1.08 bits per heavy atom. The van der Waals surface area contributed by atoms with E-state index in [2.05, 4.69) is 62.1 Å². The molecule has 0 amide bonds. The van der Waals surface area contributed by atoms with E-state index < -0.39 is 19.7 Å². The minimum Gasteiger partial charge on any atom is -0.283 e. The number of benzene rings is 4. The van der Waals surface area contributed by atoms with Gasteiger partial charge in [-0.25, -0.2) is 0 Å². The van der Waals surface area contributed by atoms with Crippen LogP contribution in [0.2, 0.25) is 0 Å². The lowest BCUT2D eigenvalue weighted by molar-refractivity contribution is -0.137. The van der Waals surface area contributed by atoms with Gasteiger partial charge >= 0.3 is 6.18 Å². The Morgan fingerprint density at radius 1 is 0.639 bits per heavy atom. The molecule has 0 N–H and O–H groups in total. The van der Waals surface area contributed by atoms with Crippen LogP contribution in [0.3, 0.4) is 0 Å². The van der Waals surface area contributed by atoms with Gasteiger partial charge in [-0.05, 0) is 62.6 Å². The molecular formula is C31H31F3NP. The lowest BCUT2D eigenvalue weighted by atomic mass is 10.0. The Morgan fingerprint density at radius 3 is 1.50 bits per heavy atom. The molecule has 5 heteroatoms. The third-order valence-electron chi connectivity index (χ3n) is 6.20. The number of hydrogen-bond donors (Lipinski definition) is 0. The molecule has 0 aromatic heterocycles.